The Hall–Kier alpha value is 0.331. The normalized spacial score (nSPS) is 20.2. The monoisotopic (exact) mass is 371 g/mol. The Kier molecular flexibility index (Phi) is 10.4. The highest BCUT2D eigenvalue weighted by Gasteiger charge is 2.48. The van der Waals surface area contributed by atoms with Crippen molar-refractivity contribution in [3.05, 3.63) is 0 Å². The van der Waals surface area contributed by atoms with Crippen molar-refractivity contribution in [2.45, 2.75) is 50.5 Å². The van der Waals surface area contributed by atoms with E-state index in [0.717, 1.165) is 0 Å². The maximum atomic E-state index is 10.7. The van der Waals surface area contributed by atoms with E-state index in [1.54, 1.807) is 13.1 Å². The number of hydrogen-bond acceptors (Lipinski definition) is 8. The largest absolute Gasteiger partial charge is 0.480 e. The van der Waals surface area contributed by atoms with Gasteiger partial charge in [0.2, 0.25) is 0 Å². The smallest absolute Gasteiger partial charge is 0.411 e. The SMILES string of the molecule is C[Si@](O)(CCCN)O[Si](O)(CCCN)O[Si@](C)(O)CCCN. The van der Waals surface area contributed by atoms with E-state index in [-0.39, 0.29) is 6.04 Å². The molecule has 0 aliphatic heterocycles. The Labute approximate surface area is 136 Å². The summed E-state index contributed by atoms with van der Waals surface area (Å²) in [6.07, 6.45) is 1.73. The third-order valence-electron chi connectivity index (χ3n) is 3.15. The summed E-state index contributed by atoms with van der Waals surface area (Å²) >= 11 is 0. The van der Waals surface area contributed by atoms with Gasteiger partial charge >= 0.3 is 25.9 Å². The van der Waals surface area contributed by atoms with Crippen LogP contribution in [0.2, 0.25) is 31.2 Å². The van der Waals surface area contributed by atoms with Gasteiger partial charge in [-0.2, -0.15) is 0 Å². The first kappa shape index (κ1) is 22.3. The van der Waals surface area contributed by atoms with Gasteiger partial charge in [-0.05, 0) is 64.1 Å². The molecular formula is C11H33N3O5Si3. The Morgan fingerprint density at radius 3 is 1.32 bits per heavy atom. The summed E-state index contributed by atoms with van der Waals surface area (Å²) in [4.78, 5) is 31.5. The van der Waals surface area contributed by atoms with Gasteiger partial charge in [0.25, 0.3) is 0 Å². The topological polar surface area (TPSA) is 157 Å². The molecule has 0 amide bonds. The summed E-state index contributed by atoms with van der Waals surface area (Å²) in [5, 5.41) is 0. The molecule has 11 heteroatoms. The highest BCUT2D eigenvalue weighted by atomic mass is 28.5. The minimum absolute atomic E-state index is 0.223. The van der Waals surface area contributed by atoms with Crippen LogP contribution in [0.3, 0.4) is 0 Å². The van der Waals surface area contributed by atoms with Crippen LogP contribution in [-0.4, -0.2) is 59.9 Å². The molecule has 0 saturated heterocycles. The van der Waals surface area contributed by atoms with Crippen molar-refractivity contribution < 1.29 is 22.6 Å². The van der Waals surface area contributed by atoms with Crippen molar-refractivity contribution in [3.8, 4) is 0 Å². The maximum absolute atomic E-state index is 10.7. The number of nitrogens with two attached hydrogens (primary N) is 3. The van der Waals surface area contributed by atoms with E-state index < -0.39 is 25.9 Å². The molecule has 0 radical (unpaired) electrons. The minimum Gasteiger partial charge on any atom is -0.411 e. The molecular weight excluding hydrogens is 338 g/mol. The van der Waals surface area contributed by atoms with Crippen molar-refractivity contribution in [2.75, 3.05) is 19.6 Å². The molecule has 0 aromatic carbocycles. The second-order valence-electron chi connectivity index (χ2n) is 5.94. The summed E-state index contributed by atoms with van der Waals surface area (Å²) in [6, 6.07) is 1.05. The van der Waals surface area contributed by atoms with E-state index in [1.165, 1.54) is 0 Å². The van der Waals surface area contributed by atoms with Gasteiger partial charge in [0.05, 0.1) is 0 Å². The van der Waals surface area contributed by atoms with Gasteiger partial charge in [0, 0.05) is 6.04 Å². The van der Waals surface area contributed by atoms with Crippen LogP contribution in [0.25, 0.3) is 0 Å². The first-order chi connectivity index (χ1) is 10.1. The molecule has 0 fully saturated rings. The van der Waals surface area contributed by atoms with Crippen molar-refractivity contribution in [2.24, 2.45) is 17.2 Å². The Morgan fingerprint density at radius 2 is 1.00 bits per heavy atom. The summed E-state index contributed by atoms with van der Waals surface area (Å²) in [5.41, 5.74) is 16.4. The van der Waals surface area contributed by atoms with Crippen LogP contribution in [-0.2, 0) is 8.23 Å². The molecule has 0 aliphatic rings. The molecule has 0 saturated carbocycles. The minimum atomic E-state index is -3.68. The zero-order valence-corrected chi connectivity index (χ0v) is 16.8. The fourth-order valence-corrected chi connectivity index (χ4v) is 12.1. The summed E-state index contributed by atoms with van der Waals surface area (Å²) in [7, 11) is -9.86. The molecule has 22 heavy (non-hydrogen) atoms. The van der Waals surface area contributed by atoms with Gasteiger partial charge in [-0.1, -0.05) is 0 Å². The van der Waals surface area contributed by atoms with Crippen molar-refractivity contribution in [3.63, 3.8) is 0 Å². The average Bonchev–Trinajstić information content (AvgIpc) is 2.39. The first-order valence-electron chi connectivity index (χ1n) is 7.77. The summed E-state index contributed by atoms with van der Waals surface area (Å²) in [5.74, 6) is 0. The molecule has 9 N–H and O–H groups in total. The van der Waals surface area contributed by atoms with Crippen LogP contribution in [0.4, 0.5) is 0 Å². The van der Waals surface area contributed by atoms with Gasteiger partial charge < -0.3 is 39.8 Å². The predicted molar refractivity (Wildman–Crippen MR) is 93.3 cm³/mol. The highest BCUT2D eigenvalue weighted by molar-refractivity contribution is 6.82. The zero-order chi connectivity index (χ0) is 17.3. The van der Waals surface area contributed by atoms with Gasteiger partial charge in [0.1, 0.15) is 0 Å². The van der Waals surface area contributed by atoms with E-state index in [4.69, 9.17) is 25.4 Å². The van der Waals surface area contributed by atoms with Crippen LogP contribution in [0.5, 0.6) is 0 Å². The summed E-state index contributed by atoms with van der Waals surface area (Å²) < 4.78 is 11.3. The zero-order valence-electron chi connectivity index (χ0n) is 13.8. The third-order valence-corrected chi connectivity index (χ3v) is 12.8. The van der Waals surface area contributed by atoms with Gasteiger partial charge in [-0.25, -0.2) is 0 Å². The van der Waals surface area contributed by atoms with Crippen LogP contribution in [0.1, 0.15) is 19.3 Å². The third kappa shape index (κ3) is 10.2. The Balaban J connectivity index is 4.89. The van der Waals surface area contributed by atoms with Crippen molar-refractivity contribution in [1.82, 2.24) is 0 Å². The van der Waals surface area contributed by atoms with Crippen LogP contribution >= 0.6 is 0 Å². The highest BCUT2D eigenvalue weighted by Crippen LogP contribution is 2.25. The second-order valence-corrected chi connectivity index (χ2v) is 15.2. The number of rotatable bonds is 13. The van der Waals surface area contributed by atoms with Crippen LogP contribution < -0.4 is 17.2 Å². The molecule has 3 atom stereocenters. The Bertz CT molecular complexity index is 289. The van der Waals surface area contributed by atoms with Crippen molar-refractivity contribution >= 4 is 25.9 Å². The van der Waals surface area contributed by atoms with E-state index in [0.29, 0.717) is 51.0 Å². The fraction of sp³-hybridized carbons (Fsp3) is 1.00. The predicted octanol–water partition coefficient (Wildman–Crippen LogP) is -0.874. The first-order valence-corrected chi connectivity index (χ1v) is 14.9. The van der Waals surface area contributed by atoms with E-state index in [1.807, 2.05) is 0 Å². The quantitative estimate of drug-likeness (QED) is 0.228. The van der Waals surface area contributed by atoms with E-state index in [2.05, 4.69) is 0 Å². The second kappa shape index (κ2) is 10.2. The summed E-state index contributed by atoms with van der Waals surface area (Å²) in [6.45, 7) is 4.46. The van der Waals surface area contributed by atoms with Crippen LogP contribution in [0, 0.1) is 0 Å². The van der Waals surface area contributed by atoms with E-state index in [9.17, 15) is 14.4 Å². The molecule has 0 spiro atoms. The molecule has 134 valence electrons. The lowest BCUT2D eigenvalue weighted by molar-refractivity contribution is 0.190. The molecule has 0 aliphatic carbocycles. The Morgan fingerprint density at radius 1 is 0.682 bits per heavy atom. The van der Waals surface area contributed by atoms with Crippen molar-refractivity contribution in [1.29, 1.82) is 0 Å². The van der Waals surface area contributed by atoms with Gasteiger partial charge in [-0.15, -0.1) is 0 Å². The van der Waals surface area contributed by atoms with Gasteiger partial charge in [0.15, 0.2) is 0 Å². The molecule has 1 unspecified atom stereocenters. The lowest BCUT2D eigenvalue weighted by Crippen LogP contribution is -2.58. The molecule has 0 bridgehead atoms. The maximum Gasteiger partial charge on any atom is 0.480 e. The van der Waals surface area contributed by atoms with E-state index >= 15 is 0 Å². The lowest BCUT2D eigenvalue weighted by Gasteiger charge is -2.36. The van der Waals surface area contributed by atoms with Crippen LogP contribution in [0.15, 0.2) is 0 Å². The molecule has 0 rings (SSSR count). The lowest BCUT2D eigenvalue weighted by atomic mass is 10.5. The molecule has 0 heterocycles. The fourth-order valence-electron chi connectivity index (χ4n) is 2.10. The molecule has 0 aromatic heterocycles. The van der Waals surface area contributed by atoms with Gasteiger partial charge in [-0.3, -0.25) is 0 Å². The average molecular weight is 372 g/mol. The standard InChI is InChI=1S/C11H33N3O5Si3/c1-20(15,9-3-6-12)18-22(17,11-5-8-14)19-21(2,16)10-4-7-13/h15-17H,3-14H2,1-2H3/t20-,21+,22?. The molecule has 8 nitrogen and oxygen atoms in total. The number of hydrogen-bond donors (Lipinski definition) is 6. The molecule has 0 aromatic rings.